The SMILES string of the molecule is NCCCNCCCCF. The van der Waals surface area contributed by atoms with Gasteiger partial charge in [-0.15, -0.1) is 0 Å². The van der Waals surface area contributed by atoms with Crippen molar-refractivity contribution in [3.05, 3.63) is 0 Å². The van der Waals surface area contributed by atoms with E-state index in [2.05, 4.69) is 5.32 Å². The van der Waals surface area contributed by atoms with E-state index in [1.165, 1.54) is 0 Å². The zero-order valence-electron chi connectivity index (χ0n) is 6.41. The number of halogens is 1. The summed E-state index contributed by atoms with van der Waals surface area (Å²) in [5.41, 5.74) is 5.27. The molecule has 0 rings (SSSR count). The molecule has 0 saturated carbocycles. The Balaban J connectivity index is 2.65. The smallest absolute Gasteiger partial charge is 0.0894 e. The molecule has 0 fully saturated rings. The lowest BCUT2D eigenvalue weighted by Gasteiger charge is -2.00. The molecule has 3 N–H and O–H groups in total. The van der Waals surface area contributed by atoms with Gasteiger partial charge < -0.3 is 11.1 Å². The third-order valence-corrected chi connectivity index (χ3v) is 1.29. The zero-order chi connectivity index (χ0) is 7.66. The topological polar surface area (TPSA) is 38.0 Å². The summed E-state index contributed by atoms with van der Waals surface area (Å²) in [4.78, 5) is 0. The predicted octanol–water partition coefficient (Wildman–Crippen LogP) is 0.674. The number of nitrogens with one attached hydrogen (secondary N) is 1. The maximum atomic E-state index is 11.5. The molecule has 0 aliphatic carbocycles. The summed E-state index contributed by atoms with van der Waals surface area (Å²) in [5, 5.41) is 3.17. The van der Waals surface area contributed by atoms with E-state index < -0.39 is 0 Å². The van der Waals surface area contributed by atoms with Crippen LogP contribution in [0.3, 0.4) is 0 Å². The van der Waals surface area contributed by atoms with E-state index in [4.69, 9.17) is 5.73 Å². The quantitative estimate of drug-likeness (QED) is 0.521. The Hall–Kier alpha value is -0.150. The van der Waals surface area contributed by atoms with Crippen LogP contribution in [0.4, 0.5) is 4.39 Å². The molecule has 0 atom stereocenters. The molecule has 0 radical (unpaired) electrons. The van der Waals surface area contributed by atoms with Crippen LogP contribution in [0.25, 0.3) is 0 Å². The molecule has 0 aliphatic rings. The molecule has 0 aromatic heterocycles. The lowest BCUT2D eigenvalue weighted by molar-refractivity contribution is 0.454. The minimum absolute atomic E-state index is 0.196. The molecule has 0 bridgehead atoms. The maximum absolute atomic E-state index is 11.5. The lowest BCUT2D eigenvalue weighted by Crippen LogP contribution is -2.19. The van der Waals surface area contributed by atoms with Crippen LogP contribution in [0.15, 0.2) is 0 Å². The third-order valence-electron chi connectivity index (χ3n) is 1.29. The van der Waals surface area contributed by atoms with E-state index in [1.807, 2.05) is 0 Å². The van der Waals surface area contributed by atoms with Crippen molar-refractivity contribution in [3.63, 3.8) is 0 Å². The van der Waals surface area contributed by atoms with Gasteiger partial charge in [-0.3, -0.25) is 4.39 Å². The standard InChI is InChI=1S/C7H17FN2/c8-4-1-2-6-10-7-3-5-9/h10H,1-7,9H2. The summed E-state index contributed by atoms with van der Waals surface area (Å²) in [6.45, 7) is 2.42. The highest BCUT2D eigenvalue weighted by Gasteiger charge is 1.86. The van der Waals surface area contributed by atoms with Gasteiger partial charge in [0, 0.05) is 0 Å². The highest BCUT2D eigenvalue weighted by molar-refractivity contribution is 4.48. The van der Waals surface area contributed by atoms with Crippen LogP contribution in [-0.4, -0.2) is 26.3 Å². The largest absolute Gasteiger partial charge is 0.330 e. The molecule has 0 amide bonds. The molecular weight excluding hydrogens is 131 g/mol. The second-order valence-corrected chi connectivity index (χ2v) is 2.29. The molecule has 10 heavy (non-hydrogen) atoms. The van der Waals surface area contributed by atoms with Crippen LogP contribution in [0.1, 0.15) is 19.3 Å². The molecule has 0 aromatic rings. The molecular formula is C7H17FN2. The summed E-state index contributed by atoms with van der Waals surface area (Å²) >= 11 is 0. The van der Waals surface area contributed by atoms with Gasteiger partial charge in [-0.25, -0.2) is 0 Å². The van der Waals surface area contributed by atoms with Crippen LogP contribution in [0, 0.1) is 0 Å². The van der Waals surface area contributed by atoms with Crippen molar-refractivity contribution in [2.45, 2.75) is 19.3 Å². The first-order valence-corrected chi connectivity index (χ1v) is 3.88. The van der Waals surface area contributed by atoms with Crippen molar-refractivity contribution in [3.8, 4) is 0 Å². The summed E-state index contributed by atoms with van der Waals surface area (Å²) in [7, 11) is 0. The van der Waals surface area contributed by atoms with E-state index in [1.54, 1.807) is 0 Å². The Kier molecular flexibility index (Phi) is 8.72. The first kappa shape index (κ1) is 9.85. The van der Waals surface area contributed by atoms with Crippen molar-refractivity contribution in [1.29, 1.82) is 0 Å². The number of hydrogen-bond donors (Lipinski definition) is 2. The maximum Gasteiger partial charge on any atom is 0.0894 e. The second-order valence-electron chi connectivity index (χ2n) is 2.29. The Morgan fingerprint density at radius 3 is 2.40 bits per heavy atom. The van der Waals surface area contributed by atoms with Crippen molar-refractivity contribution >= 4 is 0 Å². The number of hydrogen-bond acceptors (Lipinski definition) is 2. The van der Waals surface area contributed by atoms with Gasteiger partial charge >= 0.3 is 0 Å². The first-order chi connectivity index (χ1) is 4.91. The number of alkyl halides is 1. The van der Waals surface area contributed by atoms with Crippen molar-refractivity contribution in [1.82, 2.24) is 5.32 Å². The average molecular weight is 148 g/mol. The average Bonchev–Trinajstić information content (AvgIpc) is 1.97. The van der Waals surface area contributed by atoms with Crippen molar-refractivity contribution < 1.29 is 4.39 Å². The highest BCUT2D eigenvalue weighted by atomic mass is 19.1. The van der Waals surface area contributed by atoms with E-state index in [0.717, 1.165) is 32.5 Å². The second kappa shape index (κ2) is 8.85. The van der Waals surface area contributed by atoms with Crippen molar-refractivity contribution in [2.24, 2.45) is 5.73 Å². The summed E-state index contributed by atoms with van der Waals surface area (Å²) < 4.78 is 11.5. The minimum Gasteiger partial charge on any atom is -0.330 e. The summed E-state index contributed by atoms with van der Waals surface area (Å²) in [6.07, 6.45) is 2.62. The molecule has 0 heterocycles. The predicted molar refractivity (Wildman–Crippen MR) is 41.8 cm³/mol. The van der Waals surface area contributed by atoms with E-state index in [0.29, 0.717) is 6.42 Å². The number of nitrogens with two attached hydrogens (primary N) is 1. The van der Waals surface area contributed by atoms with Gasteiger partial charge in [-0.05, 0) is 38.9 Å². The van der Waals surface area contributed by atoms with E-state index in [-0.39, 0.29) is 6.67 Å². The van der Waals surface area contributed by atoms with Gasteiger partial charge in [-0.1, -0.05) is 0 Å². The molecule has 0 spiro atoms. The summed E-state index contributed by atoms with van der Waals surface area (Å²) in [6, 6.07) is 0. The van der Waals surface area contributed by atoms with Gasteiger partial charge in [-0.2, -0.15) is 0 Å². The molecule has 62 valence electrons. The van der Waals surface area contributed by atoms with Gasteiger partial charge in [0.25, 0.3) is 0 Å². The minimum atomic E-state index is -0.196. The van der Waals surface area contributed by atoms with Crippen LogP contribution in [0.2, 0.25) is 0 Å². The molecule has 0 unspecified atom stereocenters. The Morgan fingerprint density at radius 1 is 1.10 bits per heavy atom. The normalized spacial score (nSPS) is 10.2. The van der Waals surface area contributed by atoms with Crippen LogP contribution >= 0.6 is 0 Å². The zero-order valence-corrected chi connectivity index (χ0v) is 6.41. The van der Waals surface area contributed by atoms with Gasteiger partial charge in [0.05, 0.1) is 6.67 Å². The Labute approximate surface area is 62.0 Å². The van der Waals surface area contributed by atoms with E-state index >= 15 is 0 Å². The molecule has 0 aromatic carbocycles. The highest BCUT2D eigenvalue weighted by Crippen LogP contribution is 1.86. The van der Waals surface area contributed by atoms with E-state index in [9.17, 15) is 4.39 Å². The fraction of sp³-hybridized carbons (Fsp3) is 1.00. The van der Waals surface area contributed by atoms with Gasteiger partial charge in [0.15, 0.2) is 0 Å². The summed E-state index contributed by atoms with van der Waals surface area (Å²) in [5.74, 6) is 0. The van der Waals surface area contributed by atoms with Gasteiger partial charge in [0.2, 0.25) is 0 Å². The molecule has 2 nitrogen and oxygen atoms in total. The fourth-order valence-electron chi connectivity index (χ4n) is 0.697. The van der Waals surface area contributed by atoms with Crippen molar-refractivity contribution in [2.75, 3.05) is 26.3 Å². The Bertz CT molecular complexity index is 51.6. The van der Waals surface area contributed by atoms with Gasteiger partial charge in [0.1, 0.15) is 0 Å². The lowest BCUT2D eigenvalue weighted by atomic mass is 10.3. The number of rotatable bonds is 7. The van der Waals surface area contributed by atoms with Crippen LogP contribution in [-0.2, 0) is 0 Å². The van der Waals surface area contributed by atoms with Crippen LogP contribution < -0.4 is 11.1 Å². The Morgan fingerprint density at radius 2 is 1.80 bits per heavy atom. The molecule has 0 saturated heterocycles. The molecule has 3 heteroatoms. The van der Waals surface area contributed by atoms with Crippen LogP contribution in [0.5, 0.6) is 0 Å². The third kappa shape index (κ3) is 7.85. The monoisotopic (exact) mass is 148 g/mol. The molecule has 0 aliphatic heterocycles. The fourth-order valence-corrected chi connectivity index (χ4v) is 0.697. The number of unbranched alkanes of at least 4 members (excludes halogenated alkanes) is 1. The first-order valence-electron chi connectivity index (χ1n) is 3.88.